The van der Waals surface area contributed by atoms with Crippen LogP contribution in [0.4, 0.5) is 0 Å². The van der Waals surface area contributed by atoms with Crippen molar-refractivity contribution in [2.45, 2.75) is 25.3 Å². The Hall–Kier alpha value is -1.55. The summed E-state index contributed by atoms with van der Waals surface area (Å²) in [5.41, 5.74) is 1.05. The molecule has 2 aliphatic rings. The summed E-state index contributed by atoms with van der Waals surface area (Å²) in [5, 5.41) is 3.37. The normalized spacial score (nSPS) is 26.5. The molecule has 1 fully saturated rings. The van der Waals surface area contributed by atoms with Crippen LogP contribution in [0.15, 0.2) is 24.3 Å². The summed E-state index contributed by atoms with van der Waals surface area (Å²) in [7, 11) is 0. The fourth-order valence-corrected chi connectivity index (χ4v) is 2.95. The molecule has 0 spiro atoms. The molecular formula is C15H20N2O2. The van der Waals surface area contributed by atoms with Crippen molar-refractivity contribution in [1.29, 1.82) is 0 Å². The van der Waals surface area contributed by atoms with Crippen molar-refractivity contribution in [2.75, 3.05) is 26.2 Å². The van der Waals surface area contributed by atoms with Crippen LogP contribution in [0.25, 0.3) is 0 Å². The Morgan fingerprint density at radius 2 is 2.26 bits per heavy atom. The molecule has 1 N–H and O–H groups in total. The molecular weight excluding hydrogens is 240 g/mol. The lowest BCUT2D eigenvalue weighted by Gasteiger charge is -2.35. The average Bonchev–Trinajstić information content (AvgIpc) is 2.46. The number of fused-ring (bicyclic) bond motifs is 1. The molecule has 0 radical (unpaired) electrons. The molecule has 1 aromatic rings. The highest BCUT2D eigenvalue weighted by Crippen LogP contribution is 2.34. The van der Waals surface area contributed by atoms with E-state index in [0.29, 0.717) is 12.6 Å². The number of benzene rings is 1. The van der Waals surface area contributed by atoms with Crippen LogP contribution >= 0.6 is 0 Å². The minimum absolute atomic E-state index is 0.0322. The van der Waals surface area contributed by atoms with Gasteiger partial charge in [-0.15, -0.1) is 0 Å². The highest BCUT2D eigenvalue weighted by molar-refractivity contribution is 5.85. The number of nitrogens with one attached hydrogen (secondary N) is 1. The maximum absolute atomic E-state index is 12.7. The number of nitrogens with zero attached hydrogens (tertiary/aromatic N) is 1. The number of hydrogen-bond donors (Lipinski definition) is 1. The van der Waals surface area contributed by atoms with E-state index in [9.17, 15) is 4.79 Å². The van der Waals surface area contributed by atoms with E-state index in [1.165, 1.54) is 0 Å². The van der Waals surface area contributed by atoms with Crippen LogP contribution < -0.4 is 10.1 Å². The molecule has 0 saturated carbocycles. The van der Waals surface area contributed by atoms with Crippen LogP contribution in [0.5, 0.6) is 5.75 Å². The monoisotopic (exact) mass is 260 g/mol. The second-order valence-corrected chi connectivity index (χ2v) is 5.37. The standard InChI is InChI=1S/C15H20N2O2/c1-11-10-17(8-7-16-11)15(18)13-6-9-19-14-5-3-2-4-12(13)14/h2-5,11,13,16H,6-10H2,1H3. The predicted molar refractivity (Wildman–Crippen MR) is 73.3 cm³/mol. The zero-order valence-electron chi connectivity index (χ0n) is 11.3. The van der Waals surface area contributed by atoms with Gasteiger partial charge < -0.3 is 15.0 Å². The largest absolute Gasteiger partial charge is 0.493 e. The number of ether oxygens (including phenoxy) is 1. The molecule has 1 aromatic carbocycles. The van der Waals surface area contributed by atoms with Gasteiger partial charge in [0.05, 0.1) is 12.5 Å². The first-order valence-corrected chi connectivity index (χ1v) is 6.99. The van der Waals surface area contributed by atoms with Crippen molar-refractivity contribution in [3.05, 3.63) is 29.8 Å². The van der Waals surface area contributed by atoms with Crippen molar-refractivity contribution in [3.63, 3.8) is 0 Å². The average molecular weight is 260 g/mol. The van der Waals surface area contributed by atoms with E-state index in [2.05, 4.69) is 12.2 Å². The van der Waals surface area contributed by atoms with Crippen molar-refractivity contribution in [2.24, 2.45) is 0 Å². The molecule has 1 saturated heterocycles. The van der Waals surface area contributed by atoms with E-state index >= 15 is 0 Å². The predicted octanol–water partition coefficient (Wildman–Crippen LogP) is 1.37. The molecule has 2 heterocycles. The van der Waals surface area contributed by atoms with Gasteiger partial charge in [-0.2, -0.15) is 0 Å². The van der Waals surface area contributed by atoms with Gasteiger partial charge in [-0.25, -0.2) is 0 Å². The lowest BCUT2D eigenvalue weighted by atomic mass is 9.91. The van der Waals surface area contributed by atoms with Gasteiger partial charge in [0, 0.05) is 31.2 Å². The quantitative estimate of drug-likeness (QED) is 0.829. The Morgan fingerprint density at radius 3 is 3.11 bits per heavy atom. The SMILES string of the molecule is CC1CN(C(=O)C2CCOc3ccccc32)CCN1. The molecule has 1 amide bonds. The van der Waals surface area contributed by atoms with Crippen LogP contribution in [-0.4, -0.2) is 43.1 Å². The molecule has 2 aliphatic heterocycles. The first-order chi connectivity index (χ1) is 9.25. The first-order valence-electron chi connectivity index (χ1n) is 6.99. The molecule has 19 heavy (non-hydrogen) atoms. The smallest absolute Gasteiger partial charge is 0.230 e. The summed E-state index contributed by atoms with van der Waals surface area (Å²) in [6, 6.07) is 8.29. The third-order valence-electron chi connectivity index (χ3n) is 3.94. The van der Waals surface area contributed by atoms with E-state index in [1.807, 2.05) is 29.2 Å². The molecule has 2 atom stereocenters. The Morgan fingerprint density at radius 1 is 1.42 bits per heavy atom. The minimum atomic E-state index is -0.0322. The van der Waals surface area contributed by atoms with Crippen LogP contribution in [0.3, 0.4) is 0 Å². The Balaban J connectivity index is 1.81. The Labute approximate surface area is 113 Å². The topological polar surface area (TPSA) is 41.6 Å². The van der Waals surface area contributed by atoms with Gasteiger partial charge in [0.2, 0.25) is 5.91 Å². The number of rotatable bonds is 1. The fraction of sp³-hybridized carbons (Fsp3) is 0.533. The second kappa shape index (κ2) is 5.21. The Bertz CT molecular complexity index is 475. The van der Waals surface area contributed by atoms with Crippen LogP contribution in [0, 0.1) is 0 Å². The van der Waals surface area contributed by atoms with Crippen molar-refractivity contribution in [3.8, 4) is 5.75 Å². The first kappa shape index (κ1) is 12.5. The zero-order valence-corrected chi connectivity index (χ0v) is 11.3. The summed E-state index contributed by atoms with van der Waals surface area (Å²) >= 11 is 0. The summed E-state index contributed by atoms with van der Waals surface area (Å²) in [6.45, 7) is 5.26. The van der Waals surface area contributed by atoms with Gasteiger partial charge >= 0.3 is 0 Å². The van der Waals surface area contributed by atoms with Crippen molar-refractivity contribution >= 4 is 5.91 Å². The molecule has 3 rings (SSSR count). The second-order valence-electron chi connectivity index (χ2n) is 5.37. The number of piperazine rings is 1. The molecule has 0 aliphatic carbocycles. The summed E-state index contributed by atoms with van der Waals surface area (Å²) in [6.07, 6.45) is 0.786. The fourth-order valence-electron chi connectivity index (χ4n) is 2.95. The number of carbonyl (C=O) groups excluding carboxylic acids is 1. The van der Waals surface area contributed by atoms with Crippen molar-refractivity contribution in [1.82, 2.24) is 10.2 Å². The van der Waals surface area contributed by atoms with Gasteiger partial charge in [0.15, 0.2) is 0 Å². The minimum Gasteiger partial charge on any atom is -0.493 e. The molecule has 102 valence electrons. The third-order valence-corrected chi connectivity index (χ3v) is 3.94. The van der Waals surface area contributed by atoms with E-state index in [0.717, 1.165) is 37.4 Å². The number of hydrogen-bond acceptors (Lipinski definition) is 3. The van der Waals surface area contributed by atoms with E-state index < -0.39 is 0 Å². The highest BCUT2D eigenvalue weighted by atomic mass is 16.5. The van der Waals surface area contributed by atoms with Gasteiger partial charge in [0.25, 0.3) is 0 Å². The van der Waals surface area contributed by atoms with Crippen LogP contribution in [-0.2, 0) is 4.79 Å². The van der Waals surface area contributed by atoms with Crippen LogP contribution in [0.1, 0.15) is 24.8 Å². The van der Waals surface area contributed by atoms with Gasteiger partial charge in [-0.3, -0.25) is 4.79 Å². The molecule has 4 nitrogen and oxygen atoms in total. The van der Waals surface area contributed by atoms with Crippen molar-refractivity contribution < 1.29 is 9.53 Å². The molecule has 2 unspecified atom stereocenters. The third kappa shape index (κ3) is 2.45. The maximum atomic E-state index is 12.7. The van der Waals surface area contributed by atoms with Crippen LogP contribution in [0.2, 0.25) is 0 Å². The van der Waals surface area contributed by atoms with E-state index in [4.69, 9.17) is 4.74 Å². The number of carbonyl (C=O) groups is 1. The molecule has 4 heteroatoms. The summed E-state index contributed by atoms with van der Waals surface area (Å²) in [5.74, 6) is 1.09. The Kier molecular flexibility index (Phi) is 3.42. The summed E-state index contributed by atoms with van der Waals surface area (Å²) < 4.78 is 5.63. The van der Waals surface area contributed by atoms with E-state index in [1.54, 1.807) is 0 Å². The number of amides is 1. The van der Waals surface area contributed by atoms with Gasteiger partial charge in [-0.1, -0.05) is 18.2 Å². The van der Waals surface area contributed by atoms with E-state index in [-0.39, 0.29) is 11.8 Å². The van der Waals surface area contributed by atoms with Gasteiger partial charge in [-0.05, 0) is 19.4 Å². The molecule has 0 bridgehead atoms. The lowest BCUT2D eigenvalue weighted by molar-refractivity contribution is -0.134. The highest BCUT2D eigenvalue weighted by Gasteiger charge is 2.32. The molecule has 0 aromatic heterocycles. The van der Waals surface area contributed by atoms with Gasteiger partial charge in [0.1, 0.15) is 5.75 Å². The summed E-state index contributed by atoms with van der Waals surface area (Å²) in [4.78, 5) is 14.7. The maximum Gasteiger partial charge on any atom is 0.230 e. The zero-order chi connectivity index (χ0) is 13.2. The number of para-hydroxylation sites is 1. The lowest BCUT2D eigenvalue weighted by Crippen LogP contribution is -2.52.